The summed E-state index contributed by atoms with van der Waals surface area (Å²) in [6.07, 6.45) is -0.767. The highest BCUT2D eigenvalue weighted by Gasteiger charge is 2.51. The molecule has 0 bridgehead atoms. The normalized spacial score (nSPS) is 14.2. The molecule has 0 aliphatic heterocycles. The van der Waals surface area contributed by atoms with E-state index in [-0.39, 0.29) is 6.92 Å². The molecular weight excluding hydrogens is 160 g/mol. The van der Waals surface area contributed by atoms with Gasteiger partial charge in [-0.2, -0.15) is 8.78 Å². The van der Waals surface area contributed by atoms with E-state index in [2.05, 4.69) is 0 Å². The second-order valence-corrected chi connectivity index (χ2v) is 3.19. The van der Waals surface area contributed by atoms with Crippen LogP contribution in [-0.4, -0.2) is 11.8 Å². The van der Waals surface area contributed by atoms with Crippen LogP contribution in [0.25, 0.3) is 0 Å². The van der Waals surface area contributed by atoms with Crippen LogP contribution in [0.2, 0.25) is 0 Å². The maximum absolute atomic E-state index is 12.4. The van der Waals surface area contributed by atoms with Gasteiger partial charge in [0.2, 0.25) is 0 Å². The smallest absolute Gasteiger partial charge is 0.200 e. The van der Waals surface area contributed by atoms with Gasteiger partial charge in [-0.1, -0.05) is 13.8 Å². The predicted molar refractivity (Wildman–Crippen MR) is 35.0 cm³/mol. The number of alkyl halides is 4. The van der Waals surface area contributed by atoms with Crippen LogP contribution in [-0.2, 0) is 0 Å². The van der Waals surface area contributed by atoms with Crippen molar-refractivity contribution in [2.45, 2.75) is 39.0 Å². The first kappa shape index (κ1) is 10.7. The minimum Gasteiger partial charge on any atom is -0.200 e. The molecule has 68 valence electrons. The lowest BCUT2D eigenvalue weighted by Crippen LogP contribution is -2.38. The number of rotatable bonds is 3. The molecule has 0 rings (SSSR count). The Hall–Kier alpha value is -0.280. The van der Waals surface area contributed by atoms with Gasteiger partial charge in [0.05, 0.1) is 0 Å². The van der Waals surface area contributed by atoms with Crippen LogP contribution in [0.1, 0.15) is 27.2 Å². The Kier molecular flexibility index (Phi) is 2.91. The van der Waals surface area contributed by atoms with E-state index in [4.69, 9.17) is 0 Å². The molecule has 0 unspecified atom stereocenters. The molecule has 0 aromatic rings. The largest absolute Gasteiger partial charge is 0.310 e. The first-order valence-electron chi connectivity index (χ1n) is 3.42. The van der Waals surface area contributed by atoms with Crippen molar-refractivity contribution in [2.75, 3.05) is 0 Å². The first-order chi connectivity index (χ1) is 4.67. The minimum atomic E-state index is -3.91. The van der Waals surface area contributed by atoms with E-state index < -0.39 is 24.2 Å². The third-order valence-electron chi connectivity index (χ3n) is 1.31. The van der Waals surface area contributed by atoms with Crippen molar-refractivity contribution in [3.05, 3.63) is 0 Å². The van der Waals surface area contributed by atoms with Crippen LogP contribution in [0.15, 0.2) is 0 Å². The molecule has 0 aromatic carbocycles. The van der Waals surface area contributed by atoms with Gasteiger partial charge in [-0.15, -0.1) is 0 Å². The van der Waals surface area contributed by atoms with E-state index >= 15 is 0 Å². The number of hydrogen-bond donors (Lipinski definition) is 0. The monoisotopic (exact) mass is 172 g/mol. The predicted octanol–water partition coefficient (Wildman–Crippen LogP) is 3.32. The van der Waals surface area contributed by atoms with Crippen molar-refractivity contribution >= 4 is 0 Å². The Bertz CT molecular complexity index is 123. The molecule has 11 heavy (non-hydrogen) atoms. The number of halogens is 4. The van der Waals surface area contributed by atoms with Gasteiger partial charge >= 0.3 is 11.8 Å². The Labute approximate surface area is 63.6 Å². The molecule has 0 saturated heterocycles. The summed E-state index contributed by atoms with van der Waals surface area (Å²) in [5.41, 5.74) is 0. The van der Waals surface area contributed by atoms with E-state index in [0.717, 1.165) is 0 Å². The van der Waals surface area contributed by atoms with Gasteiger partial charge in [0.1, 0.15) is 0 Å². The summed E-state index contributed by atoms with van der Waals surface area (Å²) >= 11 is 0. The average molecular weight is 172 g/mol. The lowest BCUT2D eigenvalue weighted by molar-refractivity contribution is -0.205. The van der Waals surface area contributed by atoms with Crippen LogP contribution >= 0.6 is 0 Å². The summed E-state index contributed by atoms with van der Waals surface area (Å²) in [4.78, 5) is 0. The molecule has 0 aliphatic carbocycles. The molecule has 0 aliphatic rings. The van der Waals surface area contributed by atoms with Crippen molar-refractivity contribution in [3.8, 4) is 0 Å². The van der Waals surface area contributed by atoms with Crippen LogP contribution in [0.3, 0.4) is 0 Å². The lowest BCUT2D eigenvalue weighted by Gasteiger charge is -2.24. The highest BCUT2D eigenvalue weighted by Crippen LogP contribution is 2.38. The van der Waals surface area contributed by atoms with Crippen molar-refractivity contribution in [1.82, 2.24) is 0 Å². The van der Waals surface area contributed by atoms with Gasteiger partial charge in [0.25, 0.3) is 0 Å². The minimum absolute atomic E-state index is 0.245. The lowest BCUT2D eigenvalue weighted by atomic mass is 10.0. The van der Waals surface area contributed by atoms with E-state index in [0.29, 0.717) is 0 Å². The van der Waals surface area contributed by atoms with Crippen molar-refractivity contribution in [3.63, 3.8) is 0 Å². The van der Waals surface area contributed by atoms with Crippen LogP contribution in [0.5, 0.6) is 0 Å². The molecule has 0 spiro atoms. The molecule has 0 saturated carbocycles. The molecule has 0 radical (unpaired) electrons. The van der Waals surface area contributed by atoms with Crippen molar-refractivity contribution < 1.29 is 17.6 Å². The van der Waals surface area contributed by atoms with Crippen molar-refractivity contribution in [1.29, 1.82) is 0 Å². The van der Waals surface area contributed by atoms with Gasteiger partial charge in [-0.3, -0.25) is 0 Å². The van der Waals surface area contributed by atoms with Crippen LogP contribution in [0, 0.1) is 5.92 Å². The zero-order valence-corrected chi connectivity index (χ0v) is 6.80. The first-order valence-corrected chi connectivity index (χ1v) is 3.42. The maximum Gasteiger partial charge on any atom is 0.310 e. The summed E-state index contributed by atoms with van der Waals surface area (Å²) in [7, 11) is 0. The van der Waals surface area contributed by atoms with Gasteiger partial charge in [-0.05, 0) is 5.92 Å². The SMILES string of the molecule is CC(C)CC(F)(F)C(C)(F)F. The quantitative estimate of drug-likeness (QED) is 0.573. The van der Waals surface area contributed by atoms with Gasteiger partial charge in [0, 0.05) is 13.3 Å². The Morgan fingerprint density at radius 1 is 1.09 bits per heavy atom. The van der Waals surface area contributed by atoms with Crippen LogP contribution in [0.4, 0.5) is 17.6 Å². The third-order valence-corrected chi connectivity index (χ3v) is 1.31. The summed E-state index contributed by atoms with van der Waals surface area (Å²) in [6.45, 7) is 3.22. The molecule has 0 N–H and O–H groups in total. The van der Waals surface area contributed by atoms with E-state index in [1.54, 1.807) is 0 Å². The average Bonchev–Trinajstić information content (AvgIpc) is 1.56. The van der Waals surface area contributed by atoms with Gasteiger partial charge < -0.3 is 0 Å². The summed E-state index contributed by atoms with van der Waals surface area (Å²) in [5, 5.41) is 0. The van der Waals surface area contributed by atoms with E-state index in [1.165, 1.54) is 13.8 Å². The Morgan fingerprint density at radius 3 is 1.55 bits per heavy atom. The molecule has 0 aromatic heterocycles. The summed E-state index contributed by atoms with van der Waals surface area (Å²) < 4.78 is 49.1. The molecule has 0 fully saturated rings. The summed E-state index contributed by atoms with van der Waals surface area (Å²) in [6, 6.07) is 0. The van der Waals surface area contributed by atoms with E-state index in [1.807, 2.05) is 0 Å². The van der Waals surface area contributed by atoms with Gasteiger partial charge in [0.15, 0.2) is 0 Å². The standard InChI is InChI=1S/C7H12F4/c1-5(2)4-7(10,11)6(3,8)9/h5H,4H2,1-3H3. The molecule has 0 heterocycles. The number of hydrogen-bond acceptors (Lipinski definition) is 0. The van der Waals surface area contributed by atoms with Crippen molar-refractivity contribution in [2.24, 2.45) is 5.92 Å². The zero-order valence-electron chi connectivity index (χ0n) is 6.80. The molecule has 0 amide bonds. The highest BCUT2D eigenvalue weighted by molar-refractivity contribution is 4.81. The molecule has 0 atom stereocenters. The fourth-order valence-electron chi connectivity index (χ4n) is 0.692. The zero-order chi connectivity index (χ0) is 9.28. The summed E-state index contributed by atoms with van der Waals surface area (Å²) in [5.74, 6) is -8.20. The van der Waals surface area contributed by atoms with E-state index in [9.17, 15) is 17.6 Å². The third kappa shape index (κ3) is 3.08. The maximum atomic E-state index is 12.4. The molecule has 4 heteroatoms. The second kappa shape index (κ2) is 2.99. The molecular formula is C7H12F4. The topological polar surface area (TPSA) is 0 Å². The second-order valence-electron chi connectivity index (χ2n) is 3.19. The highest BCUT2D eigenvalue weighted by atomic mass is 19.3. The van der Waals surface area contributed by atoms with Gasteiger partial charge in [-0.25, -0.2) is 8.78 Å². The molecule has 0 nitrogen and oxygen atoms in total. The Balaban J connectivity index is 4.22. The fourth-order valence-corrected chi connectivity index (χ4v) is 0.692. The Morgan fingerprint density at radius 2 is 1.45 bits per heavy atom. The fraction of sp³-hybridized carbons (Fsp3) is 1.00. The van der Waals surface area contributed by atoms with Crippen LogP contribution < -0.4 is 0 Å².